The first-order valence-electron chi connectivity index (χ1n) is 7.24. The van der Waals surface area contributed by atoms with Crippen molar-refractivity contribution < 1.29 is 23.1 Å². The van der Waals surface area contributed by atoms with Gasteiger partial charge in [-0.1, -0.05) is 23.1 Å². The van der Waals surface area contributed by atoms with E-state index in [0.29, 0.717) is 15.7 Å². The van der Waals surface area contributed by atoms with Crippen molar-refractivity contribution in [1.29, 1.82) is 0 Å². The second-order valence-electron chi connectivity index (χ2n) is 5.94. The number of sulfonamides is 1. The van der Waals surface area contributed by atoms with Crippen molar-refractivity contribution in [3.8, 4) is 0 Å². The Bertz CT molecular complexity index is 925. The molecule has 10 nitrogen and oxygen atoms in total. The predicted molar refractivity (Wildman–Crippen MR) is 88.9 cm³/mol. The fourth-order valence-corrected chi connectivity index (χ4v) is 6.72. The van der Waals surface area contributed by atoms with Crippen molar-refractivity contribution in [2.75, 3.05) is 18.5 Å². The van der Waals surface area contributed by atoms with Crippen LogP contribution in [0.1, 0.15) is 6.42 Å². The van der Waals surface area contributed by atoms with E-state index in [1.807, 2.05) is 0 Å². The molecule has 0 aromatic carbocycles. The van der Waals surface area contributed by atoms with Crippen LogP contribution in [0, 0.1) is 5.92 Å². The number of aliphatic carboxylic acids is 1. The van der Waals surface area contributed by atoms with Gasteiger partial charge in [0.1, 0.15) is 11.7 Å². The number of nitrogens with two attached hydrogens (primary N) is 1. The summed E-state index contributed by atoms with van der Waals surface area (Å²) in [5.41, 5.74) is 5.47. The summed E-state index contributed by atoms with van der Waals surface area (Å²) in [5, 5.41) is 17.5. The molecule has 0 spiro atoms. The van der Waals surface area contributed by atoms with Gasteiger partial charge in [-0.3, -0.25) is 9.69 Å². The number of carbonyl (C=O) groups is 2. The lowest BCUT2D eigenvalue weighted by atomic mass is 9.82. The van der Waals surface area contributed by atoms with Crippen LogP contribution < -0.4 is 5.73 Å². The molecule has 134 valence electrons. The topological polar surface area (TPSA) is 147 Å². The number of hydrogen-bond acceptors (Lipinski definition) is 9. The number of piperidine rings is 1. The largest absolute Gasteiger partial charge is 0.477 e. The first kappa shape index (κ1) is 16.8. The molecule has 3 aliphatic rings. The standard InChI is InChI=1S/C12H13N5O5S3/c1-25(21,22)16-3-2-4-5-6(16)9(18)17(5)7(10(19)20)8(4)23-12-15-14-11(13)24-12/h4-6H,2-3H2,1H3,(H2,13,14)(H,19,20)/t4?,5-,6+/m1/s1. The van der Waals surface area contributed by atoms with Crippen LogP contribution in [0.2, 0.25) is 0 Å². The van der Waals surface area contributed by atoms with Gasteiger partial charge in [-0.15, -0.1) is 10.2 Å². The van der Waals surface area contributed by atoms with Gasteiger partial charge in [0.25, 0.3) is 0 Å². The summed E-state index contributed by atoms with van der Waals surface area (Å²) >= 11 is 2.27. The summed E-state index contributed by atoms with van der Waals surface area (Å²) in [7, 11) is -3.54. The lowest BCUT2D eigenvalue weighted by Gasteiger charge is -2.52. The number of aromatic nitrogens is 2. The van der Waals surface area contributed by atoms with Crippen molar-refractivity contribution in [2.45, 2.75) is 22.8 Å². The third kappa shape index (κ3) is 2.37. The van der Waals surface area contributed by atoms with E-state index in [1.54, 1.807) is 0 Å². The molecule has 0 radical (unpaired) electrons. The molecule has 0 saturated carbocycles. The van der Waals surface area contributed by atoms with Gasteiger partial charge in [0.2, 0.25) is 21.1 Å². The summed E-state index contributed by atoms with van der Waals surface area (Å²) < 4.78 is 25.5. The number of anilines is 1. The highest BCUT2D eigenvalue weighted by atomic mass is 32.2. The van der Waals surface area contributed by atoms with Crippen molar-refractivity contribution in [1.82, 2.24) is 19.4 Å². The molecule has 0 aliphatic carbocycles. The molecular formula is C12H13N5O5S3. The predicted octanol–water partition coefficient (Wildman–Crippen LogP) is -0.617. The molecule has 1 aromatic heterocycles. The van der Waals surface area contributed by atoms with Gasteiger partial charge in [-0.05, 0) is 6.42 Å². The average molecular weight is 403 g/mol. The first-order chi connectivity index (χ1) is 11.7. The molecule has 4 rings (SSSR count). The smallest absolute Gasteiger partial charge is 0.353 e. The summed E-state index contributed by atoms with van der Waals surface area (Å²) in [4.78, 5) is 26.0. The highest BCUT2D eigenvalue weighted by Crippen LogP contribution is 2.54. The number of carboxylic acid groups (broad SMARTS) is 1. The van der Waals surface area contributed by atoms with Crippen LogP contribution in [0.15, 0.2) is 14.9 Å². The summed E-state index contributed by atoms with van der Waals surface area (Å²) in [6, 6.07) is -1.31. The maximum absolute atomic E-state index is 12.5. The Balaban J connectivity index is 1.73. The van der Waals surface area contributed by atoms with Crippen LogP contribution in [0.4, 0.5) is 5.13 Å². The molecule has 3 atom stereocenters. The molecule has 1 unspecified atom stereocenters. The van der Waals surface area contributed by atoms with Gasteiger partial charge in [0.05, 0.1) is 12.3 Å². The lowest BCUT2D eigenvalue weighted by molar-refractivity contribution is -0.158. The van der Waals surface area contributed by atoms with Gasteiger partial charge in [0, 0.05) is 17.4 Å². The molecule has 25 heavy (non-hydrogen) atoms. The number of carbonyl (C=O) groups excluding carboxylic acids is 1. The van der Waals surface area contributed by atoms with Crippen LogP contribution in [0.5, 0.6) is 0 Å². The van der Waals surface area contributed by atoms with Gasteiger partial charge in [-0.25, -0.2) is 13.2 Å². The van der Waals surface area contributed by atoms with Gasteiger partial charge in [-0.2, -0.15) is 4.31 Å². The van der Waals surface area contributed by atoms with Crippen molar-refractivity contribution >= 4 is 50.1 Å². The van der Waals surface area contributed by atoms with E-state index in [1.165, 1.54) is 9.21 Å². The summed E-state index contributed by atoms with van der Waals surface area (Å²) in [6.07, 6.45) is 1.49. The molecule has 3 aliphatic heterocycles. The van der Waals surface area contributed by atoms with Gasteiger partial charge in [0.15, 0.2) is 4.34 Å². The van der Waals surface area contributed by atoms with E-state index < -0.39 is 34.0 Å². The molecule has 2 fully saturated rings. The normalized spacial score (nSPS) is 28.9. The number of rotatable bonds is 4. The van der Waals surface area contributed by atoms with E-state index in [-0.39, 0.29) is 23.3 Å². The maximum atomic E-state index is 12.5. The van der Waals surface area contributed by atoms with Gasteiger partial charge >= 0.3 is 5.97 Å². The third-order valence-corrected chi connectivity index (χ3v) is 7.84. The van der Waals surface area contributed by atoms with E-state index in [0.717, 1.165) is 29.4 Å². The van der Waals surface area contributed by atoms with Crippen molar-refractivity contribution in [2.24, 2.45) is 5.92 Å². The Morgan fingerprint density at radius 1 is 1.44 bits per heavy atom. The minimum absolute atomic E-state index is 0.0922. The lowest BCUT2D eigenvalue weighted by Crippen LogP contribution is -2.73. The molecular weight excluding hydrogens is 390 g/mol. The van der Waals surface area contributed by atoms with Crippen molar-refractivity contribution in [3.05, 3.63) is 10.6 Å². The highest BCUT2D eigenvalue weighted by molar-refractivity contribution is 8.04. The van der Waals surface area contributed by atoms with E-state index >= 15 is 0 Å². The van der Waals surface area contributed by atoms with Crippen LogP contribution in [-0.4, -0.2) is 69.7 Å². The summed E-state index contributed by atoms with van der Waals surface area (Å²) in [6.45, 7) is 0.180. The molecule has 1 amide bonds. The number of amides is 1. The SMILES string of the molecule is CS(=O)(=O)N1CCC2C(Sc3nnc(N)s3)=C(C(=O)O)N3C(=O)[C@@H]1[C@@H]23. The van der Waals surface area contributed by atoms with Crippen molar-refractivity contribution in [3.63, 3.8) is 0 Å². The third-order valence-electron chi connectivity index (χ3n) is 4.55. The van der Waals surface area contributed by atoms with Crippen LogP contribution >= 0.6 is 23.1 Å². The average Bonchev–Trinajstić information content (AvgIpc) is 3.06. The number of hydrogen-bond donors (Lipinski definition) is 2. The number of nitrogens with zero attached hydrogens (tertiary/aromatic N) is 4. The zero-order valence-corrected chi connectivity index (χ0v) is 15.3. The Hall–Kier alpha value is -1.70. The Kier molecular flexibility index (Phi) is 3.62. The second-order valence-corrected chi connectivity index (χ2v) is 10.2. The Morgan fingerprint density at radius 2 is 2.16 bits per heavy atom. The second kappa shape index (κ2) is 5.40. The summed E-state index contributed by atoms with van der Waals surface area (Å²) in [5.74, 6) is -1.95. The van der Waals surface area contributed by atoms with Crippen LogP contribution in [0.25, 0.3) is 0 Å². The monoisotopic (exact) mass is 403 g/mol. The molecule has 0 bridgehead atoms. The number of nitrogen functional groups attached to an aromatic ring is 1. The molecule has 2 saturated heterocycles. The molecule has 1 aromatic rings. The Labute approximate surface area is 150 Å². The quantitative estimate of drug-likeness (QED) is 0.628. The number of thioether (sulfide) groups is 1. The molecule has 4 heterocycles. The van der Waals surface area contributed by atoms with Crippen LogP contribution in [-0.2, 0) is 19.6 Å². The van der Waals surface area contributed by atoms with E-state index in [4.69, 9.17) is 5.73 Å². The fourth-order valence-electron chi connectivity index (χ4n) is 3.66. The fraction of sp³-hybridized carbons (Fsp3) is 0.500. The highest BCUT2D eigenvalue weighted by Gasteiger charge is 2.65. The Morgan fingerprint density at radius 3 is 2.72 bits per heavy atom. The zero-order chi connectivity index (χ0) is 18.1. The molecule has 13 heteroatoms. The first-order valence-corrected chi connectivity index (χ1v) is 10.7. The minimum Gasteiger partial charge on any atom is -0.477 e. The zero-order valence-electron chi connectivity index (χ0n) is 12.8. The number of carboxylic acids is 1. The van der Waals surface area contributed by atoms with Gasteiger partial charge < -0.3 is 10.8 Å². The van der Waals surface area contributed by atoms with Crippen LogP contribution in [0.3, 0.4) is 0 Å². The van der Waals surface area contributed by atoms with E-state index in [9.17, 15) is 23.1 Å². The van der Waals surface area contributed by atoms with E-state index in [2.05, 4.69) is 10.2 Å². The minimum atomic E-state index is -3.54. The maximum Gasteiger partial charge on any atom is 0.353 e. The molecule has 3 N–H and O–H groups in total. The number of β-lactam (4-membered cyclic amide) rings is 1.